The van der Waals surface area contributed by atoms with Gasteiger partial charge >= 0.3 is 0 Å². The molecule has 0 bridgehead atoms. The average molecular weight is 418 g/mol. The SMILES string of the molecule is CC(C)NS(=O)(=O)c1ccc(CC(=O)CCCCCS(=O)(=O)C(C)C)cc1. The molecule has 0 saturated heterocycles. The molecule has 0 fully saturated rings. The Kier molecular flexibility index (Phi) is 9.11. The van der Waals surface area contributed by atoms with E-state index in [9.17, 15) is 21.6 Å². The van der Waals surface area contributed by atoms with Gasteiger partial charge in [-0.2, -0.15) is 0 Å². The summed E-state index contributed by atoms with van der Waals surface area (Å²) in [5, 5.41) is -0.360. The van der Waals surface area contributed by atoms with Gasteiger partial charge in [-0.1, -0.05) is 18.6 Å². The second-order valence-electron chi connectivity index (χ2n) is 7.36. The predicted octanol–water partition coefficient (Wildman–Crippen LogP) is 2.87. The molecule has 0 aliphatic rings. The molecule has 0 unspecified atom stereocenters. The maximum atomic E-state index is 12.1. The van der Waals surface area contributed by atoms with E-state index in [-0.39, 0.29) is 34.1 Å². The molecule has 0 heterocycles. The van der Waals surface area contributed by atoms with Crippen molar-refractivity contribution < 1.29 is 21.6 Å². The van der Waals surface area contributed by atoms with E-state index in [2.05, 4.69) is 4.72 Å². The Balaban J connectivity index is 2.43. The quantitative estimate of drug-likeness (QED) is 0.527. The zero-order valence-corrected chi connectivity index (χ0v) is 18.2. The third kappa shape index (κ3) is 8.53. The van der Waals surface area contributed by atoms with Gasteiger partial charge in [-0.3, -0.25) is 4.79 Å². The fourth-order valence-corrected chi connectivity index (χ4v) is 4.85. The minimum Gasteiger partial charge on any atom is -0.299 e. The number of benzene rings is 1. The number of nitrogens with one attached hydrogen (secondary N) is 1. The third-order valence-corrected chi connectivity index (χ3v) is 8.10. The number of sulfone groups is 1. The van der Waals surface area contributed by atoms with Crippen molar-refractivity contribution in [1.82, 2.24) is 4.72 Å². The Hall–Kier alpha value is -1.25. The van der Waals surface area contributed by atoms with Crippen molar-refractivity contribution in [1.29, 1.82) is 0 Å². The second kappa shape index (κ2) is 10.3. The van der Waals surface area contributed by atoms with Crippen LogP contribution in [-0.2, 0) is 31.1 Å². The van der Waals surface area contributed by atoms with E-state index in [4.69, 9.17) is 0 Å². The summed E-state index contributed by atoms with van der Waals surface area (Å²) in [6, 6.07) is 6.13. The molecule has 27 heavy (non-hydrogen) atoms. The lowest BCUT2D eigenvalue weighted by Gasteiger charge is -2.10. The van der Waals surface area contributed by atoms with Crippen LogP contribution in [0.15, 0.2) is 29.2 Å². The number of Topliss-reactive ketones (excluding diaryl/α,β-unsaturated/α-hetero) is 1. The van der Waals surface area contributed by atoms with Gasteiger partial charge < -0.3 is 0 Å². The molecular weight excluding hydrogens is 386 g/mol. The maximum absolute atomic E-state index is 12.1. The maximum Gasteiger partial charge on any atom is 0.240 e. The van der Waals surface area contributed by atoms with Crippen LogP contribution in [0.2, 0.25) is 0 Å². The van der Waals surface area contributed by atoms with E-state index >= 15 is 0 Å². The number of unbranched alkanes of at least 4 members (excludes halogenated alkanes) is 2. The van der Waals surface area contributed by atoms with Crippen molar-refractivity contribution in [2.24, 2.45) is 0 Å². The minimum absolute atomic E-state index is 0.0672. The van der Waals surface area contributed by atoms with Gasteiger partial charge in [0.1, 0.15) is 5.78 Å². The molecule has 0 radical (unpaired) electrons. The van der Waals surface area contributed by atoms with E-state index in [0.717, 1.165) is 5.56 Å². The van der Waals surface area contributed by atoms with Crippen LogP contribution in [0, 0.1) is 0 Å². The fraction of sp³-hybridized carbons (Fsp3) is 0.632. The average Bonchev–Trinajstić information content (AvgIpc) is 2.53. The standard InChI is InChI=1S/C19H31NO5S2/c1-15(2)20-27(24,25)19-11-9-17(10-12-19)14-18(21)8-6-5-7-13-26(22,23)16(3)4/h9-12,15-16,20H,5-8,13-14H2,1-4H3. The highest BCUT2D eigenvalue weighted by atomic mass is 32.2. The zero-order chi connectivity index (χ0) is 20.7. The molecule has 0 aliphatic carbocycles. The molecule has 6 nitrogen and oxygen atoms in total. The van der Waals surface area contributed by atoms with Gasteiger partial charge in [-0.15, -0.1) is 0 Å². The molecule has 1 N–H and O–H groups in total. The summed E-state index contributed by atoms with van der Waals surface area (Å²) >= 11 is 0. The van der Waals surface area contributed by atoms with E-state index in [1.54, 1.807) is 39.8 Å². The topological polar surface area (TPSA) is 97.4 Å². The molecule has 0 aromatic heterocycles. The molecule has 1 aromatic rings. The monoisotopic (exact) mass is 417 g/mol. The van der Waals surface area contributed by atoms with Gasteiger partial charge in [0, 0.05) is 18.9 Å². The highest BCUT2D eigenvalue weighted by Crippen LogP contribution is 2.13. The van der Waals surface area contributed by atoms with Gasteiger partial charge in [-0.25, -0.2) is 21.6 Å². The number of carbonyl (C=O) groups is 1. The number of ketones is 1. The van der Waals surface area contributed by atoms with Crippen molar-refractivity contribution >= 4 is 25.6 Å². The Morgan fingerprint density at radius 1 is 0.926 bits per heavy atom. The summed E-state index contributed by atoms with van der Waals surface area (Å²) in [6.45, 7) is 6.86. The van der Waals surface area contributed by atoms with Crippen LogP contribution in [0.25, 0.3) is 0 Å². The lowest BCUT2D eigenvalue weighted by atomic mass is 10.0. The summed E-state index contributed by atoms with van der Waals surface area (Å²) in [4.78, 5) is 12.2. The van der Waals surface area contributed by atoms with Crippen LogP contribution in [0.4, 0.5) is 0 Å². The predicted molar refractivity (Wildman–Crippen MR) is 108 cm³/mol. The van der Waals surface area contributed by atoms with Crippen LogP contribution in [0.3, 0.4) is 0 Å². The first kappa shape index (κ1) is 23.8. The first-order valence-electron chi connectivity index (χ1n) is 9.28. The van der Waals surface area contributed by atoms with Crippen molar-refractivity contribution in [2.75, 3.05) is 5.75 Å². The Morgan fingerprint density at radius 2 is 1.52 bits per heavy atom. The minimum atomic E-state index is -3.53. The van der Waals surface area contributed by atoms with Crippen molar-refractivity contribution in [3.8, 4) is 0 Å². The summed E-state index contributed by atoms with van der Waals surface area (Å²) in [6.07, 6.45) is 2.59. The highest BCUT2D eigenvalue weighted by Gasteiger charge is 2.16. The van der Waals surface area contributed by atoms with E-state index < -0.39 is 19.9 Å². The van der Waals surface area contributed by atoms with Crippen molar-refractivity contribution in [2.45, 2.75) is 76.0 Å². The van der Waals surface area contributed by atoms with Gasteiger partial charge in [0.15, 0.2) is 9.84 Å². The summed E-state index contributed by atoms with van der Waals surface area (Å²) in [5.41, 5.74) is 0.769. The lowest BCUT2D eigenvalue weighted by molar-refractivity contribution is -0.118. The van der Waals surface area contributed by atoms with Gasteiger partial charge in [0.05, 0.1) is 15.9 Å². The summed E-state index contributed by atoms with van der Waals surface area (Å²) in [7, 11) is -6.54. The van der Waals surface area contributed by atoms with Crippen molar-refractivity contribution in [3.05, 3.63) is 29.8 Å². The number of hydrogen-bond acceptors (Lipinski definition) is 5. The van der Waals surface area contributed by atoms with E-state index in [1.807, 2.05) is 0 Å². The Labute approximate surface area is 163 Å². The van der Waals surface area contributed by atoms with Crippen LogP contribution in [-0.4, -0.2) is 39.7 Å². The molecule has 154 valence electrons. The molecule has 0 spiro atoms. The molecule has 1 aromatic carbocycles. The Morgan fingerprint density at radius 3 is 2.04 bits per heavy atom. The number of rotatable bonds is 12. The fourth-order valence-electron chi connectivity index (χ4n) is 2.52. The molecule has 0 amide bonds. The van der Waals surface area contributed by atoms with Crippen molar-refractivity contribution in [3.63, 3.8) is 0 Å². The van der Waals surface area contributed by atoms with Crippen LogP contribution in [0.5, 0.6) is 0 Å². The van der Waals surface area contributed by atoms with Crippen LogP contribution in [0.1, 0.15) is 58.9 Å². The number of sulfonamides is 1. The normalized spacial score (nSPS) is 12.7. The summed E-state index contributed by atoms with van der Waals surface area (Å²) < 4.78 is 50.1. The number of hydrogen-bond donors (Lipinski definition) is 1. The second-order valence-corrected chi connectivity index (χ2v) is 11.8. The molecule has 0 atom stereocenters. The zero-order valence-electron chi connectivity index (χ0n) is 16.6. The molecule has 1 rings (SSSR count). The summed E-state index contributed by atoms with van der Waals surface area (Å²) in [5.74, 6) is 0.233. The highest BCUT2D eigenvalue weighted by molar-refractivity contribution is 7.91. The molecule has 8 heteroatoms. The first-order chi connectivity index (χ1) is 12.4. The Bertz CT molecular complexity index is 810. The third-order valence-electron chi connectivity index (χ3n) is 4.13. The van der Waals surface area contributed by atoms with Gasteiger partial charge in [-0.05, 0) is 58.2 Å². The molecular formula is C19H31NO5S2. The number of carbonyl (C=O) groups excluding carboxylic acids is 1. The first-order valence-corrected chi connectivity index (χ1v) is 12.5. The lowest BCUT2D eigenvalue weighted by Crippen LogP contribution is -2.30. The molecule has 0 aliphatic heterocycles. The van der Waals surface area contributed by atoms with Crippen LogP contribution < -0.4 is 4.72 Å². The largest absolute Gasteiger partial charge is 0.299 e. The van der Waals surface area contributed by atoms with E-state index in [0.29, 0.717) is 25.7 Å². The van der Waals surface area contributed by atoms with E-state index in [1.165, 1.54) is 12.1 Å². The van der Waals surface area contributed by atoms with Gasteiger partial charge in [0.2, 0.25) is 10.0 Å². The molecule has 0 saturated carbocycles. The van der Waals surface area contributed by atoms with Gasteiger partial charge in [0.25, 0.3) is 0 Å². The smallest absolute Gasteiger partial charge is 0.240 e. The van der Waals surface area contributed by atoms with Crippen LogP contribution >= 0.6 is 0 Å².